The molecular weight excluding hydrogens is 392 g/mol. The minimum absolute atomic E-state index is 0.226. The molecule has 0 saturated carbocycles. The standard InChI is InChI=1S/C24H24N4O3/c1-31-14-13-19-16-28(15-17-7-3-2-4-8-17)27-22(19)24(30)26-21-12-11-18-9-5-6-10-20(18)25-23(21)29/h2-10,13-14,16,21H,11-12,15H2,1H3,(H,25,29)(H,26,30). The van der Waals surface area contributed by atoms with E-state index in [9.17, 15) is 9.59 Å². The van der Waals surface area contributed by atoms with Gasteiger partial charge in [0.15, 0.2) is 5.69 Å². The summed E-state index contributed by atoms with van der Waals surface area (Å²) in [5.74, 6) is -0.621. The normalized spacial score (nSPS) is 15.8. The summed E-state index contributed by atoms with van der Waals surface area (Å²) in [6.07, 6.45) is 6.18. The van der Waals surface area contributed by atoms with Crippen LogP contribution in [0.3, 0.4) is 0 Å². The SMILES string of the molecule is COC=Cc1cn(Cc2ccccc2)nc1C(=O)NC1CCc2ccccc2NC1=O. The number of aromatic nitrogens is 2. The second-order valence-corrected chi connectivity index (χ2v) is 7.37. The quantitative estimate of drug-likeness (QED) is 0.604. The number of para-hydroxylation sites is 1. The molecule has 0 spiro atoms. The van der Waals surface area contributed by atoms with Crippen LogP contribution in [0.2, 0.25) is 0 Å². The van der Waals surface area contributed by atoms with E-state index < -0.39 is 11.9 Å². The van der Waals surface area contributed by atoms with Crippen molar-refractivity contribution in [3.63, 3.8) is 0 Å². The predicted octanol–water partition coefficient (Wildman–Crippen LogP) is 3.23. The van der Waals surface area contributed by atoms with Crippen molar-refractivity contribution in [3.8, 4) is 0 Å². The highest BCUT2D eigenvalue weighted by molar-refractivity contribution is 6.02. The number of fused-ring (bicyclic) bond motifs is 1. The van der Waals surface area contributed by atoms with Gasteiger partial charge in [0, 0.05) is 17.4 Å². The number of aryl methyl sites for hydroxylation is 1. The lowest BCUT2D eigenvalue weighted by Crippen LogP contribution is -2.43. The summed E-state index contributed by atoms with van der Waals surface area (Å²) in [7, 11) is 1.54. The first-order valence-corrected chi connectivity index (χ1v) is 10.1. The van der Waals surface area contributed by atoms with Gasteiger partial charge >= 0.3 is 0 Å². The van der Waals surface area contributed by atoms with Gasteiger partial charge in [-0.25, -0.2) is 0 Å². The zero-order chi connectivity index (χ0) is 21.6. The molecule has 1 aromatic heterocycles. The van der Waals surface area contributed by atoms with Crippen LogP contribution < -0.4 is 10.6 Å². The molecule has 158 valence electrons. The van der Waals surface area contributed by atoms with E-state index in [-0.39, 0.29) is 11.6 Å². The van der Waals surface area contributed by atoms with Crippen molar-refractivity contribution in [1.82, 2.24) is 15.1 Å². The van der Waals surface area contributed by atoms with E-state index in [2.05, 4.69) is 15.7 Å². The fraction of sp³-hybridized carbons (Fsp3) is 0.208. The molecule has 0 fully saturated rings. The van der Waals surface area contributed by atoms with E-state index in [0.717, 1.165) is 16.8 Å². The minimum Gasteiger partial charge on any atom is -0.504 e. The maximum Gasteiger partial charge on any atom is 0.273 e. The third-order valence-corrected chi connectivity index (χ3v) is 5.18. The molecule has 4 rings (SSSR count). The maximum absolute atomic E-state index is 13.1. The first-order valence-electron chi connectivity index (χ1n) is 10.1. The molecule has 7 nitrogen and oxygen atoms in total. The molecule has 31 heavy (non-hydrogen) atoms. The molecule has 0 bridgehead atoms. The average Bonchev–Trinajstić information content (AvgIpc) is 3.11. The van der Waals surface area contributed by atoms with E-state index in [0.29, 0.717) is 24.9 Å². The highest BCUT2D eigenvalue weighted by atomic mass is 16.5. The van der Waals surface area contributed by atoms with E-state index >= 15 is 0 Å². The Morgan fingerprint density at radius 3 is 2.81 bits per heavy atom. The highest BCUT2D eigenvalue weighted by Crippen LogP contribution is 2.22. The molecule has 2 heterocycles. The Morgan fingerprint density at radius 1 is 1.23 bits per heavy atom. The maximum atomic E-state index is 13.1. The van der Waals surface area contributed by atoms with Crippen LogP contribution in [0.4, 0.5) is 5.69 Å². The van der Waals surface area contributed by atoms with E-state index in [1.807, 2.05) is 54.6 Å². The number of amides is 2. The van der Waals surface area contributed by atoms with Crippen LogP contribution in [0.1, 0.15) is 33.6 Å². The molecule has 2 aromatic carbocycles. The Labute approximate surface area is 180 Å². The Bertz CT molecular complexity index is 1110. The van der Waals surface area contributed by atoms with Gasteiger partial charge in [0.25, 0.3) is 5.91 Å². The zero-order valence-electron chi connectivity index (χ0n) is 17.2. The molecule has 1 aliphatic heterocycles. The number of nitrogens with zero attached hydrogens (tertiary/aromatic N) is 2. The Kier molecular flexibility index (Phi) is 6.12. The molecule has 7 heteroatoms. The number of rotatable bonds is 6. The zero-order valence-corrected chi connectivity index (χ0v) is 17.2. The third-order valence-electron chi connectivity index (χ3n) is 5.18. The summed E-state index contributed by atoms with van der Waals surface area (Å²) < 4.78 is 6.72. The monoisotopic (exact) mass is 416 g/mol. The Balaban J connectivity index is 1.53. The largest absolute Gasteiger partial charge is 0.504 e. The summed E-state index contributed by atoms with van der Waals surface area (Å²) in [6.45, 7) is 0.529. The molecule has 0 radical (unpaired) electrons. The molecule has 3 aromatic rings. The van der Waals surface area contributed by atoms with E-state index in [1.54, 1.807) is 17.0 Å². The third kappa shape index (κ3) is 4.83. The van der Waals surface area contributed by atoms with Crippen LogP contribution in [0, 0.1) is 0 Å². The molecule has 1 unspecified atom stereocenters. The summed E-state index contributed by atoms with van der Waals surface area (Å²) in [5, 5.41) is 10.2. The van der Waals surface area contributed by atoms with Gasteiger partial charge in [0.2, 0.25) is 5.91 Å². The van der Waals surface area contributed by atoms with Crippen LogP contribution in [-0.2, 0) is 22.5 Å². The van der Waals surface area contributed by atoms with Crippen LogP contribution in [-0.4, -0.2) is 34.7 Å². The second kappa shape index (κ2) is 9.30. The first kappa shape index (κ1) is 20.4. The fourth-order valence-corrected chi connectivity index (χ4v) is 3.60. The summed E-state index contributed by atoms with van der Waals surface area (Å²) >= 11 is 0. The number of anilines is 1. The van der Waals surface area contributed by atoms with Crippen LogP contribution in [0.25, 0.3) is 6.08 Å². The number of ether oxygens (including phenoxy) is 1. The predicted molar refractivity (Wildman–Crippen MR) is 118 cm³/mol. The number of benzene rings is 2. The molecule has 1 aliphatic rings. The Hall–Kier alpha value is -3.87. The van der Waals surface area contributed by atoms with Crippen LogP contribution in [0.15, 0.2) is 67.1 Å². The van der Waals surface area contributed by atoms with Crippen molar-refractivity contribution in [1.29, 1.82) is 0 Å². The van der Waals surface area contributed by atoms with Gasteiger partial charge in [-0.2, -0.15) is 5.10 Å². The molecular formula is C24H24N4O3. The van der Waals surface area contributed by atoms with Crippen molar-refractivity contribution in [2.45, 2.75) is 25.4 Å². The second-order valence-electron chi connectivity index (χ2n) is 7.37. The molecule has 2 N–H and O–H groups in total. The summed E-state index contributed by atoms with van der Waals surface area (Å²) in [4.78, 5) is 25.7. The minimum atomic E-state index is -0.640. The van der Waals surface area contributed by atoms with Crippen LogP contribution >= 0.6 is 0 Å². The molecule has 0 aliphatic carbocycles. The van der Waals surface area contributed by atoms with E-state index in [4.69, 9.17) is 4.74 Å². The van der Waals surface area contributed by atoms with E-state index in [1.165, 1.54) is 13.4 Å². The number of hydrogen-bond donors (Lipinski definition) is 2. The number of nitrogens with one attached hydrogen (secondary N) is 2. The van der Waals surface area contributed by atoms with Gasteiger partial charge in [-0.1, -0.05) is 48.5 Å². The number of carbonyl (C=O) groups is 2. The Morgan fingerprint density at radius 2 is 2.00 bits per heavy atom. The number of carbonyl (C=O) groups excluding carboxylic acids is 2. The average molecular weight is 416 g/mol. The fourth-order valence-electron chi connectivity index (χ4n) is 3.60. The number of hydrogen-bond acceptors (Lipinski definition) is 4. The van der Waals surface area contributed by atoms with Gasteiger partial charge < -0.3 is 15.4 Å². The van der Waals surface area contributed by atoms with Gasteiger partial charge in [-0.3, -0.25) is 14.3 Å². The lowest BCUT2D eigenvalue weighted by atomic mass is 10.1. The molecule has 0 saturated heterocycles. The summed E-state index contributed by atoms with van der Waals surface area (Å²) in [6, 6.07) is 16.9. The van der Waals surface area contributed by atoms with Gasteiger partial charge in [0.1, 0.15) is 6.04 Å². The van der Waals surface area contributed by atoms with Crippen molar-refractivity contribution in [2.75, 3.05) is 12.4 Å². The topological polar surface area (TPSA) is 85.2 Å². The van der Waals surface area contributed by atoms with Crippen molar-refractivity contribution in [3.05, 3.63) is 89.4 Å². The van der Waals surface area contributed by atoms with Gasteiger partial charge in [0.05, 0.1) is 19.9 Å². The van der Waals surface area contributed by atoms with Crippen LogP contribution in [0.5, 0.6) is 0 Å². The molecule has 1 atom stereocenters. The smallest absolute Gasteiger partial charge is 0.273 e. The molecule has 2 amide bonds. The highest BCUT2D eigenvalue weighted by Gasteiger charge is 2.27. The first-order chi connectivity index (χ1) is 15.1. The van der Waals surface area contributed by atoms with Gasteiger partial charge in [-0.15, -0.1) is 0 Å². The van der Waals surface area contributed by atoms with Gasteiger partial charge in [-0.05, 0) is 36.1 Å². The van der Waals surface area contributed by atoms with Crippen molar-refractivity contribution >= 4 is 23.6 Å². The lowest BCUT2D eigenvalue weighted by Gasteiger charge is -2.14. The summed E-state index contributed by atoms with van der Waals surface area (Å²) in [5.41, 5.74) is 3.79. The van der Waals surface area contributed by atoms with Crippen molar-refractivity contribution < 1.29 is 14.3 Å². The number of methoxy groups -OCH3 is 1. The van der Waals surface area contributed by atoms with Crippen molar-refractivity contribution in [2.24, 2.45) is 0 Å². The lowest BCUT2D eigenvalue weighted by molar-refractivity contribution is -0.118.